The van der Waals surface area contributed by atoms with Gasteiger partial charge in [-0.25, -0.2) is 4.98 Å². The maximum Gasteiger partial charge on any atom is 0.260 e. The zero-order chi connectivity index (χ0) is 21.3. The Morgan fingerprint density at radius 2 is 1.77 bits per heavy atom. The number of aryl methyl sites for hydroxylation is 2. The maximum absolute atomic E-state index is 13.5. The van der Waals surface area contributed by atoms with Gasteiger partial charge in [0.1, 0.15) is 13.2 Å². The van der Waals surface area contributed by atoms with Crippen molar-refractivity contribution in [3.8, 4) is 11.5 Å². The Kier molecular flexibility index (Phi) is 5.92. The molecular weight excluding hydrogens is 398 g/mol. The first-order valence-corrected chi connectivity index (χ1v) is 11.0. The zero-order valence-corrected chi connectivity index (χ0v) is 18.7. The summed E-state index contributed by atoms with van der Waals surface area (Å²) < 4.78 is 12.4. The summed E-state index contributed by atoms with van der Waals surface area (Å²) in [5.74, 6) is 1.23. The highest BCUT2D eigenvalue weighted by atomic mass is 32.1. The summed E-state index contributed by atoms with van der Waals surface area (Å²) in [6.45, 7) is 6.71. The van der Waals surface area contributed by atoms with E-state index < -0.39 is 0 Å². The van der Waals surface area contributed by atoms with E-state index in [0.29, 0.717) is 36.8 Å². The fourth-order valence-corrected chi connectivity index (χ4v) is 4.51. The molecule has 2 aromatic carbocycles. The van der Waals surface area contributed by atoms with Crippen molar-refractivity contribution in [2.75, 3.05) is 45.3 Å². The molecule has 0 saturated heterocycles. The molecule has 1 aliphatic heterocycles. The zero-order valence-electron chi connectivity index (χ0n) is 17.9. The predicted octanol–water partition coefficient (Wildman–Crippen LogP) is 4.28. The van der Waals surface area contributed by atoms with Crippen LogP contribution in [0.3, 0.4) is 0 Å². The number of thiazole rings is 1. The van der Waals surface area contributed by atoms with E-state index in [2.05, 4.69) is 30.9 Å². The number of ether oxygens (including phenoxy) is 2. The number of carbonyl (C=O) groups is 1. The number of hydrogen-bond donors (Lipinski definition) is 0. The van der Waals surface area contributed by atoms with Crippen molar-refractivity contribution < 1.29 is 14.3 Å². The SMILES string of the molecule is Cc1cc2nc(N(CCCN(C)C)C(=O)c3ccc4c(c3)OCCO4)sc2cc1C. The standard InChI is InChI=1S/C23H27N3O3S/c1-15-12-18-21(13-16(15)2)30-23(24-18)26(9-5-8-25(3)4)22(27)17-6-7-19-20(14-17)29-11-10-28-19/h6-7,12-14H,5,8-11H2,1-4H3. The lowest BCUT2D eigenvalue weighted by Crippen LogP contribution is -2.33. The van der Waals surface area contributed by atoms with Gasteiger partial charge in [-0.15, -0.1) is 0 Å². The molecule has 0 aliphatic carbocycles. The molecular formula is C23H27N3O3S. The average Bonchev–Trinajstić information content (AvgIpc) is 3.12. The number of carbonyl (C=O) groups excluding carboxylic acids is 1. The minimum Gasteiger partial charge on any atom is -0.486 e. The third kappa shape index (κ3) is 4.27. The van der Waals surface area contributed by atoms with Crippen LogP contribution in [0.4, 0.5) is 5.13 Å². The van der Waals surface area contributed by atoms with Crippen LogP contribution in [-0.4, -0.2) is 56.2 Å². The van der Waals surface area contributed by atoms with E-state index in [1.54, 1.807) is 28.4 Å². The molecule has 30 heavy (non-hydrogen) atoms. The van der Waals surface area contributed by atoms with Crippen molar-refractivity contribution in [2.45, 2.75) is 20.3 Å². The second kappa shape index (κ2) is 8.62. The van der Waals surface area contributed by atoms with Crippen LogP contribution < -0.4 is 14.4 Å². The lowest BCUT2D eigenvalue weighted by Gasteiger charge is -2.23. The Labute approximate surface area is 181 Å². The molecule has 7 heteroatoms. The Morgan fingerprint density at radius 1 is 1.03 bits per heavy atom. The molecule has 0 radical (unpaired) electrons. The van der Waals surface area contributed by atoms with Gasteiger partial charge in [0.25, 0.3) is 5.91 Å². The largest absolute Gasteiger partial charge is 0.486 e. The number of aromatic nitrogens is 1. The molecule has 1 amide bonds. The highest BCUT2D eigenvalue weighted by Gasteiger charge is 2.23. The lowest BCUT2D eigenvalue weighted by molar-refractivity contribution is 0.0984. The van der Waals surface area contributed by atoms with Crippen LogP contribution in [0.5, 0.6) is 11.5 Å². The molecule has 2 heterocycles. The highest BCUT2D eigenvalue weighted by Crippen LogP contribution is 2.34. The van der Waals surface area contributed by atoms with Crippen LogP contribution in [0.1, 0.15) is 27.9 Å². The molecule has 0 unspecified atom stereocenters. The van der Waals surface area contributed by atoms with Gasteiger partial charge in [0.2, 0.25) is 0 Å². The normalized spacial score (nSPS) is 13.1. The molecule has 0 spiro atoms. The van der Waals surface area contributed by atoms with E-state index in [1.165, 1.54) is 11.1 Å². The molecule has 4 rings (SSSR count). The van der Waals surface area contributed by atoms with Crippen LogP contribution in [0, 0.1) is 13.8 Å². The Balaban J connectivity index is 1.68. The van der Waals surface area contributed by atoms with E-state index in [1.807, 2.05) is 20.2 Å². The van der Waals surface area contributed by atoms with Gasteiger partial charge in [0.15, 0.2) is 16.6 Å². The van der Waals surface area contributed by atoms with E-state index >= 15 is 0 Å². The van der Waals surface area contributed by atoms with Gasteiger partial charge >= 0.3 is 0 Å². The molecule has 3 aromatic rings. The third-order valence-electron chi connectivity index (χ3n) is 5.24. The first kappa shape index (κ1) is 20.6. The second-order valence-electron chi connectivity index (χ2n) is 7.87. The molecule has 1 aromatic heterocycles. The number of benzene rings is 2. The third-order valence-corrected chi connectivity index (χ3v) is 6.29. The Hall–Kier alpha value is -2.64. The van der Waals surface area contributed by atoms with Crippen molar-refractivity contribution >= 4 is 32.6 Å². The van der Waals surface area contributed by atoms with E-state index in [0.717, 1.165) is 28.3 Å². The summed E-state index contributed by atoms with van der Waals surface area (Å²) in [6, 6.07) is 9.63. The molecule has 6 nitrogen and oxygen atoms in total. The number of nitrogens with zero attached hydrogens (tertiary/aromatic N) is 3. The summed E-state index contributed by atoms with van der Waals surface area (Å²) in [7, 11) is 4.08. The summed E-state index contributed by atoms with van der Waals surface area (Å²) in [5.41, 5.74) is 3.95. The second-order valence-corrected chi connectivity index (χ2v) is 8.88. The van der Waals surface area contributed by atoms with Gasteiger partial charge in [0.05, 0.1) is 10.2 Å². The van der Waals surface area contributed by atoms with Crippen LogP contribution >= 0.6 is 11.3 Å². The average molecular weight is 426 g/mol. The minimum atomic E-state index is -0.0711. The maximum atomic E-state index is 13.5. The molecule has 1 aliphatic rings. The number of rotatable bonds is 6. The van der Waals surface area contributed by atoms with Gasteiger partial charge < -0.3 is 14.4 Å². The minimum absolute atomic E-state index is 0.0711. The van der Waals surface area contributed by atoms with Crippen LogP contribution in [0.15, 0.2) is 30.3 Å². The molecule has 0 saturated carbocycles. The number of amides is 1. The smallest absolute Gasteiger partial charge is 0.260 e. The highest BCUT2D eigenvalue weighted by molar-refractivity contribution is 7.22. The Morgan fingerprint density at radius 3 is 2.53 bits per heavy atom. The molecule has 0 bridgehead atoms. The topological polar surface area (TPSA) is 54.9 Å². The van der Waals surface area contributed by atoms with E-state index in [9.17, 15) is 4.79 Å². The summed E-state index contributed by atoms with van der Waals surface area (Å²) in [5, 5.41) is 0.730. The van der Waals surface area contributed by atoms with Crippen molar-refractivity contribution in [1.82, 2.24) is 9.88 Å². The number of anilines is 1. The first-order chi connectivity index (χ1) is 14.4. The fraction of sp³-hybridized carbons (Fsp3) is 0.391. The molecule has 158 valence electrons. The Bertz CT molecular complexity index is 1040. The van der Waals surface area contributed by atoms with E-state index in [-0.39, 0.29) is 5.91 Å². The summed E-state index contributed by atoms with van der Waals surface area (Å²) in [6.07, 6.45) is 0.858. The lowest BCUT2D eigenvalue weighted by atomic mass is 10.1. The first-order valence-electron chi connectivity index (χ1n) is 10.2. The van der Waals surface area contributed by atoms with Crippen LogP contribution in [0.25, 0.3) is 10.2 Å². The van der Waals surface area contributed by atoms with Crippen molar-refractivity contribution in [2.24, 2.45) is 0 Å². The molecule has 0 N–H and O–H groups in total. The van der Waals surface area contributed by atoms with Crippen molar-refractivity contribution in [1.29, 1.82) is 0 Å². The molecule has 0 fully saturated rings. The van der Waals surface area contributed by atoms with Crippen LogP contribution in [-0.2, 0) is 0 Å². The monoisotopic (exact) mass is 425 g/mol. The van der Waals surface area contributed by atoms with Gasteiger partial charge in [0, 0.05) is 12.1 Å². The van der Waals surface area contributed by atoms with Gasteiger partial charge in [-0.3, -0.25) is 9.69 Å². The molecule has 0 atom stereocenters. The van der Waals surface area contributed by atoms with Gasteiger partial charge in [-0.2, -0.15) is 0 Å². The number of fused-ring (bicyclic) bond motifs is 2. The van der Waals surface area contributed by atoms with Gasteiger partial charge in [-0.1, -0.05) is 11.3 Å². The van der Waals surface area contributed by atoms with Crippen LogP contribution in [0.2, 0.25) is 0 Å². The van der Waals surface area contributed by atoms with Crippen molar-refractivity contribution in [3.63, 3.8) is 0 Å². The fourth-order valence-electron chi connectivity index (χ4n) is 3.44. The predicted molar refractivity (Wildman–Crippen MR) is 121 cm³/mol. The quantitative estimate of drug-likeness (QED) is 0.590. The van der Waals surface area contributed by atoms with Gasteiger partial charge in [-0.05, 0) is 82.4 Å². The van der Waals surface area contributed by atoms with E-state index in [4.69, 9.17) is 14.5 Å². The van der Waals surface area contributed by atoms with Crippen molar-refractivity contribution in [3.05, 3.63) is 47.0 Å². The number of hydrogen-bond acceptors (Lipinski definition) is 6. The summed E-state index contributed by atoms with van der Waals surface area (Å²) in [4.78, 5) is 22.2. The summed E-state index contributed by atoms with van der Waals surface area (Å²) >= 11 is 1.56.